The van der Waals surface area contributed by atoms with Crippen LogP contribution in [0.3, 0.4) is 0 Å². The van der Waals surface area contributed by atoms with Crippen LogP contribution in [0.15, 0.2) is 86.8 Å². The number of ether oxygens (including phenoxy) is 1. The van der Waals surface area contributed by atoms with Crippen LogP contribution >= 0.6 is 0 Å². The van der Waals surface area contributed by atoms with Gasteiger partial charge in [-0.2, -0.15) is 0 Å². The topological polar surface area (TPSA) is 95.5 Å². The van der Waals surface area contributed by atoms with Crippen LogP contribution in [0.25, 0.3) is 22.1 Å². The average Bonchev–Trinajstić information content (AvgIpc) is 3.26. The summed E-state index contributed by atoms with van der Waals surface area (Å²) in [6.07, 6.45) is 0. The summed E-state index contributed by atoms with van der Waals surface area (Å²) in [4.78, 5) is 39.7. The predicted octanol–water partition coefficient (Wildman–Crippen LogP) is 3.74. The summed E-state index contributed by atoms with van der Waals surface area (Å²) in [5.41, 5.74) is -0.0442. The first-order chi connectivity index (χ1) is 17.0. The van der Waals surface area contributed by atoms with Gasteiger partial charge in [0, 0.05) is 5.39 Å². The zero-order valence-corrected chi connectivity index (χ0v) is 18.7. The number of aromatic nitrogens is 2. The first kappa shape index (κ1) is 22.1. The van der Waals surface area contributed by atoms with Crippen LogP contribution in [0, 0.1) is 5.82 Å². The van der Waals surface area contributed by atoms with E-state index >= 15 is 0 Å². The van der Waals surface area contributed by atoms with Gasteiger partial charge in [0.15, 0.2) is 0 Å². The number of nitrogens with one attached hydrogen (secondary N) is 1. The van der Waals surface area contributed by atoms with Gasteiger partial charge in [0.1, 0.15) is 29.2 Å². The van der Waals surface area contributed by atoms with E-state index in [0.29, 0.717) is 22.3 Å². The number of nitrogens with zero attached hydrogens (tertiary/aromatic N) is 2. The minimum absolute atomic E-state index is 0.00889. The van der Waals surface area contributed by atoms with Crippen molar-refractivity contribution in [2.24, 2.45) is 0 Å². The van der Waals surface area contributed by atoms with Gasteiger partial charge in [-0.3, -0.25) is 18.7 Å². The second kappa shape index (κ2) is 8.94. The van der Waals surface area contributed by atoms with Gasteiger partial charge in [-0.1, -0.05) is 36.4 Å². The molecule has 0 bridgehead atoms. The maximum Gasteiger partial charge on any atom is 0.332 e. The van der Waals surface area contributed by atoms with Gasteiger partial charge in [0.05, 0.1) is 19.3 Å². The number of benzene rings is 3. The molecule has 2 heterocycles. The third kappa shape index (κ3) is 4.08. The fourth-order valence-electron chi connectivity index (χ4n) is 3.99. The van der Waals surface area contributed by atoms with E-state index in [1.165, 1.54) is 22.8 Å². The SMILES string of the molecule is COc1ccc(Cn2c(=O)c3oc4ccccc4c3n(CC(=O)Nc3ccccc3F)c2=O)cc1. The van der Waals surface area contributed by atoms with Gasteiger partial charge in [0.2, 0.25) is 11.5 Å². The quantitative estimate of drug-likeness (QED) is 0.405. The van der Waals surface area contributed by atoms with Crippen molar-refractivity contribution < 1.29 is 18.3 Å². The van der Waals surface area contributed by atoms with Crippen LogP contribution in [-0.4, -0.2) is 22.2 Å². The van der Waals surface area contributed by atoms with E-state index in [1.54, 1.807) is 61.7 Å². The molecule has 8 nitrogen and oxygen atoms in total. The van der Waals surface area contributed by atoms with Crippen LogP contribution in [0.1, 0.15) is 5.56 Å². The maximum atomic E-state index is 14.0. The molecule has 2 aromatic heterocycles. The van der Waals surface area contributed by atoms with Crippen LogP contribution in [-0.2, 0) is 17.9 Å². The number of carbonyl (C=O) groups is 1. The van der Waals surface area contributed by atoms with E-state index in [2.05, 4.69) is 5.32 Å². The van der Waals surface area contributed by atoms with E-state index < -0.39 is 29.5 Å². The Labute approximate surface area is 197 Å². The molecular formula is C26H20FN3O5. The summed E-state index contributed by atoms with van der Waals surface area (Å²) < 4.78 is 27.2. The molecule has 0 spiro atoms. The van der Waals surface area contributed by atoms with Crippen molar-refractivity contribution in [3.05, 3.63) is 105 Å². The largest absolute Gasteiger partial charge is 0.497 e. The highest BCUT2D eigenvalue weighted by atomic mass is 19.1. The fourth-order valence-corrected chi connectivity index (χ4v) is 3.99. The van der Waals surface area contributed by atoms with Gasteiger partial charge < -0.3 is 14.5 Å². The molecule has 0 unspecified atom stereocenters. The molecule has 176 valence electrons. The Morgan fingerprint density at radius 1 is 0.971 bits per heavy atom. The lowest BCUT2D eigenvalue weighted by molar-refractivity contribution is -0.116. The number of furan rings is 1. The zero-order chi connectivity index (χ0) is 24.5. The molecule has 5 aromatic rings. The molecule has 0 fully saturated rings. The molecule has 0 radical (unpaired) electrons. The van der Waals surface area contributed by atoms with E-state index in [0.717, 1.165) is 4.57 Å². The number of para-hydroxylation sites is 2. The minimum Gasteiger partial charge on any atom is -0.497 e. The van der Waals surface area contributed by atoms with Crippen LogP contribution in [0.2, 0.25) is 0 Å². The first-order valence-corrected chi connectivity index (χ1v) is 10.8. The molecule has 9 heteroatoms. The number of halogens is 1. The zero-order valence-electron chi connectivity index (χ0n) is 18.7. The van der Waals surface area contributed by atoms with Crippen molar-refractivity contribution >= 4 is 33.7 Å². The minimum atomic E-state index is -0.687. The molecule has 0 saturated heterocycles. The molecule has 5 rings (SSSR count). The fraction of sp³-hybridized carbons (Fsp3) is 0.115. The Bertz CT molecular complexity index is 1680. The molecule has 1 amide bonds. The Kier molecular flexibility index (Phi) is 5.66. The second-order valence-electron chi connectivity index (χ2n) is 7.91. The summed E-state index contributed by atoms with van der Waals surface area (Å²) in [5.74, 6) is -0.592. The molecule has 3 aromatic carbocycles. The van der Waals surface area contributed by atoms with Crippen LogP contribution in [0.4, 0.5) is 10.1 Å². The first-order valence-electron chi connectivity index (χ1n) is 10.8. The van der Waals surface area contributed by atoms with Gasteiger partial charge >= 0.3 is 5.69 Å². The third-order valence-corrected chi connectivity index (χ3v) is 5.69. The number of hydrogen-bond donors (Lipinski definition) is 1. The van der Waals surface area contributed by atoms with Crippen molar-refractivity contribution in [3.63, 3.8) is 0 Å². The van der Waals surface area contributed by atoms with Crippen molar-refractivity contribution in [1.82, 2.24) is 9.13 Å². The third-order valence-electron chi connectivity index (χ3n) is 5.69. The Hall–Kier alpha value is -4.66. The average molecular weight is 473 g/mol. The van der Waals surface area contributed by atoms with E-state index in [-0.39, 0.29) is 23.3 Å². The Morgan fingerprint density at radius 2 is 1.69 bits per heavy atom. The number of fused-ring (bicyclic) bond motifs is 3. The molecule has 0 aliphatic carbocycles. The highest BCUT2D eigenvalue weighted by Crippen LogP contribution is 2.26. The Balaban J connectivity index is 1.64. The van der Waals surface area contributed by atoms with Crippen LogP contribution < -0.4 is 21.3 Å². The highest BCUT2D eigenvalue weighted by molar-refractivity contribution is 6.03. The molecule has 0 atom stereocenters. The number of rotatable bonds is 6. The highest BCUT2D eigenvalue weighted by Gasteiger charge is 2.21. The number of methoxy groups -OCH3 is 1. The standard InChI is InChI=1S/C26H20FN3O5/c1-34-17-12-10-16(11-13-17)14-30-25(32)24-23(18-6-2-5-9-21(18)35-24)29(26(30)33)15-22(31)28-20-8-4-3-7-19(20)27/h2-13H,14-15H2,1H3,(H,28,31). The van der Waals surface area contributed by atoms with Crippen molar-refractivity contribution in [3.8, 4) is 5.75 Å². The maximum absolute atomic E-state index is 14.0. The van der Waals surface area contributed by atoms with E-state index in [1.807, 2.05) is 0 Å². The molecule has 1 N–H and O–H groups in total. The Morgan fingerprint density at radius 3 is 2.43 bits per heavy atom. The normalized spacial score (nSPS) is 11.1. The van der Waals surface area contributed by atoms with Gasteiger partial charge in [-0.15, -0.1) is 0 Å². The van der Waals surface area contributed by atoms with Gasteiger partial charge in [-0.25, -0.2) is 9.18 Å². The summed E-state index contributed by atoms with van der Waals surface area (Å²) in [6.45, 7) is -0.486. The number of carbonyl (C=O) groups excluding carboxylic acids is 1. The van der Waals surface area contributed by atoms with E-state index in [4.69, 9.17) is 9.15 Å². The van der Waals surface area contributed by atoms with Crippen molar-refractivity contribution in [1.29, 1.82) is 0 Å². The lowest BCUT2D eigenvalue weighted by atomic mass is 10.2. The second-order valence-corrected chi connectivity index (χ2v) is 7.91. The molecular weight excluding hydrogens is 453 g/mol. The summed E-state index contributed by atoms with van der Waals surface area (Å²) in [7, 11) is 1.54. The van der Waals surface area contributed by atoms with Gasteiger partial charge in [0.25, 0.3) is 5.56 Å². The van der Waals surface area contributed by atoms with E-state index in [9.17, 15) is 18.8 Å². The van der Waals surface area contributed by atoms with Gasteiger partial charge in [-0.05, 0) is 42.0 Å². The number of anilines is 1. The number of hydrogen-bond acceptors (Lipinski definition) is 5. The van der Waals surface area contributed by atoms with Crippen molar-refractivity contribution in [2.75, 3.05) is 12.4 Å². The lowest BCUT2D eigenvalue weighted by Gasteiger charge is -2.13. The summed E-state index contributed by atoms with van der Waals surface area (Å²) in [5, 5.41) is 3.00. The summed E-state index contributed by atoms with van der Waals surface area (Å²) >= 11 is 0. The number of amides is 1. The smallest absolute Gasteiger partial charge is 0.332 e. The van der Waals surface area contributed by atoms with Crippen LogP contribution in [0.5, 0.6) is 5.75 Å². The lowest BCUT2D eigenvalue weighted by Crippen LogP contribution is -2.41. The predicted molar refractivity (Wildman–Crippen MR) is 129 cm³/mol. The molecule has 35 heavy (non-hydrogen) atoms. The molecule has 0 aliphatic rings. The molecule has 0 aliphatic heterocycles. The monoisotopic (exact) mass is 473 g/mol. The summed E-state index contributed by atoms with van der Waals surface area (Å²) in [6, 6.07) is 19.5. The molecule has 0 saturated carbocycles. The van der Waals surface area contributed by atoms with Crippen molar-refractivity contribution in [2.45, 2.75) is 13.1 Å².